The van der Waals surface area contributed by atoms with E-state index in [1.54, 1.807) is 20.0 Å². The van der Waals surface area contributed by atoms with Crippen molar-refractivity contribution in [1.82, 2.24) is 4.31 Å². The molecule has 2 aromatic rings. The van der Waals surface area contributed by atoms with Crippen LogP contribution in [0, 0.1) is 6.92 Å². The predicted octanol–water partition coefficient (Wildman–Crippen LogP) is 5.14. The van der Waals surface area contributed by atoms with Crippen LogP contribution in [0.3, 0.4) is 0 Å². The number of alkyl halides is 3. The van der Waals surface area contributed by atoms with Gasteiger partial charge in [0.2, 0.25) is 10.0 Å². The third kappa shape index (κ3) is 6.48. The molecule has 0 radical (unpaired) electrons. The Balaban J connectivity index is 1.80. The zero-order valence-electron chi connectivity index (χ0n) is 18.5. The molecule has 33 heavy (non-hydrogen) atoms. The van der Waals surface area contributed by atoms with Crippen molar-refractivity contribution in [2.75, 3.05) is 19.0 Å². The van der Waals surface area contributed by atoms with Crippen LogP contribution in [-0.2, 0) is 10.0 Å². The summed E-state index contributed by atoms with van der Waals surface area (Å²) in [4.78, 5) is 12.8. The Morgan fingerprint density at radius 3 is 2.48 bits per heavy atom. The zero-order chi connectivity index (χ0) is 24.2. The average Bonchev–Trinajstić information content (AvgIpc) is 2.78. The molecule has 2 aromatic carbocycles. The van der Waals surface area contributed by atoms with E-state index in [0.717, 1.165) is 32.1 Å². The normalized spacial score (nSPS) is 15.5. The molecule has 1 aliphatic carbocycles. The van der Waals surface area contributed by atoms with E-state index in [-0.39, 0.29) is 27.9 Å². The maximum atomic E-state index is 13.1. The summed E-state index contributed by atoms with van der Waals surface area (Å²) in [6, 6.07) is 9.98. The lowest BCUT2D eigenvalue weighted by atomic mass is 9.96. The van der Waals surface area contributed by atoms with Crippen molar-refractivity contribution in [1.29, 1.82) is 0 Å². The molecule has 0 spiro atoms. The number of aryl methyl sites for hydroxylation is 1. The van der Waals surface area contributed by atoms with Crippen molar-refractivity contribution in [3.63, 3.8) is 0 Å². The molecule has 1 fully saturated rings. The number of carbonyl (C=O) groups is 1. The Labute approximate surface area is 191 Å². The first-order chi connectivity index (χ1) is 15.5. The van der Waals surface area contributed by atoms with Gasteiger partial charge in [0, 0.05) is 18.7 Å². The Morgan fingerprint density at radius 2 is 1.82 bits per heavy atom. The first kappa shape index (κ1) is 25.0. The maximum absolute atomic E-state index is 13.1. The number of hydrogen-bond acceptors (Lipinski definition) is 4. The van der Waals surface area contributed by atoms with Crippen LogP contribution in [0.15, 0.2) is 47.4 Å². The number of rotatable bonds is 7. The second-order valence-electron chi connectivity index (χ2n) is 8.20. The van der Waals surface area contributed by atoms with Crippen LogP contribution in [0.5, 0.6) is 5.75 Å². The lowest BCUT2D eigenvalue weighted by Crippen LogP contribution is -2.38. The van der Waals surface area contributed by atoms with Gasteiger partial charge in [-0.25, -0.2) is 8.42 Å². The van der Waals surface area contributed by atoms with Crippen molar-refractivity contribution in [2.24, 2.45) is 0 Å². The van der Waals surface area contributed by atoms with E-state index >= 15 is 0 Å². The van der Waals surface area contributed by atoms with E-state index in [9.17, 15) is 26.4 Å². The van der Waals surface area contributed by atoms with Crippen LogP contribution < -0.4 is 10.1 Å². The first-order valence-electron chi connectivity index (χ1n) is 10.7. The number of nitrogens with zero attached hydrogens (tertiary/aromatic N) is 1. The third-order valence-corrected chi connectivity index (χ3v) is 7.54. The van der Waals surface area contributed by atoms with Crippen molar-refractivity contribution in [3.8, 4) is 5.75 Å². The van der Waals surface area contributed by atoms with Gasteiger partial charge in [-0.3, -0.25) is 4.79 Å². The van der Waals surface area contributed by atoms with Gasteiger partial charge in [0.05, 0.1) is 10.6 Å². The van der Waals surface area contributed by atoms with Crippen molar-refractivity contribution >= 4 is 21.6 Å². The molecular formula is C23H27F3N2O4S. The molecule has 0 aliphatic heterocycles. The van der Waals surface area contributed by atoms with E-state index in [4.69, 9.17) is 4.74 Å². The van der Waals surface area contributed by atoms with Crippen LogP contribution in [0.2, 0.25) is 0 Å². The molecule has 180 valence electrons. The van der Waals surface area contributed by atoms with Crippen molar-refractivity contribution < 1.29 is 31.1 Å². The molecule has 0 heterocycles. The van der Waals surface area contributed by atoms with Crippen LogP contribution in [0.4, 0.5) is 18.9 Å². The number of amides is 1. The zero-order valence-corrected chi connectivity index (χ0v) is 19.3. The molecule has 0 atom stereocenters. The summed E-state index contributed by atoms with van der Waals surface area (Å²) in [6.07, 6.45) is 0.102. The van der Waals surface area contributed by atoms with Gasteiger partial charge in [-0.15, -0.1) is 0 Å². The summed E-state index contributed by atoms with van der Waals surface area (Å²) >= 11 is 0. The van der Waals surface area contributed by atoms with Gasteiger partial charge < -0.3 is 10.1 Å². The fourth-order valence-corrected chi connectivity index (χ4v) is 5.27. The number of carbonyl (C=O) groups excluding carboxylic acids is 1. The summed E-state index contributed by atoms with van der Waals surface area (Å²) < 4.78 is 70.2. The average molecular weight is 485 g/mol. The molecule has 0 aromatic heterocycles. The largest absolute Gasteiger partial charge is 0.482 e. The van der Waals surface area contributed by atoms with Gasteiger partial charge in [-0.05, 0) is 55.7 Å². The number of ether oxygens (including phenoxy) is 1. The summed E-state index contributed by atoms with van der Waals surface area (Å²) in [5.41, 5.74) is 0.780. The van der Waals surface area contributed by atoms with Crippen molar-refractivity contribution in [2.45, 2.75) is 56.1 Å². The second kappa shape index (κ2) is 10.1. The minimum Gasteiger partial charge on any atom is -0.482 e. The van der Waals surface area contributed by atoms with Gasteiger partial charge in [-0.2, -0.15) is 17.5 Å². The standard InChI is InChI=1S/C23H27F3N2O4S/c1-16-11-12-20(21(13-16)32-15-23(24,25)26)27-22(29)17-7-6-10-19(14-17)33(30,31)28(2)18-8-4-3-5-9-18/h6-7,10-14,18H,3-5,8-9,15H2,1-2H3,(H,27,29). The fraction of sp³-hybridized carbons (Fsp3) is 0.435. The number of sulfonamides is 1. The Bertz CT molecular complexity index is 1100. The monoisotopic (exact) mass is 484 g/mol. The van der Waals surface area contributed by atoms with Gasteiger partial charge in [0.15, 0.2) is 6.61 Å². The summed E-state index contributed by atoms with van der Waals surface area (Å²) in [6.45, 7) is 0.184. The lowest BCUT2D eigenvalue weighted by molar-refractivity contribution is -0.153. The molecule has 0 bridgehead atoms. The highest BCUT2D eigenvalue weighted by atomic mass is 32.2. The Morgan fingerprint density at radius 1 is 1.12 bits per heavy atom. The molecule has 3 rings (SSSR count). The Hall–Kier alpha value is -2.59. The van der Waals surface area contributed by atoms with E-state index in [2.05, 4.69) is 5.32 Å². The highest BCUT2D eigenvalue weighted by molar-refractivity contribution is 7.89. The van der Waals surface area contributed by atoms with Crippen LogP contribution in [0.25, 0.3) is 0 Å². The smallest absolute Gasteiger partial charge is 0.422 e. The molecule has 6 nitrogen and oxygen atoms in total. The van der Waals surface area contributed by atoms with Crippen LogP contribution >= 0.6 is 0 Å². The Kier molecular flexibility index (Phi) is 7.69. The minimum absolute atomic E-state index is 0.0133. The van der Waals surface area contributed by atoms with Crippen LogP contribution in [-0.4, -0.2) is 44.5 Å². The summed E-state index contributed by atoms with van der Waals surface area (Å²) in [7, 11) is -2.25. The molecule has 10 heteroatoms. The molecule has 1 amide bonds. The number of nitrogens with one attached hydrogen (secondary N) is 1. The number of halogens is 3. The molecular weight excluding hydrogens is 457 g/mol. The van der Waals surface area contributed by atoms with Crippen molar-refractivity contribution in [3.05, 3.63) is 53.6 Å². The lowest BCUT2D eigenvalue weighted by Gasteiger charge is -2.30. The molecule has 1 saturated carbocycles. The highest BCUT2D eigenvalue weighted by Crippen LogP contribution is 2.29. The first-order valence-corrected chi connectivity index (χ1v) is 12.1. The number of anilines is 1. The van der Waals surface area contributed by atoms with Gasteiger partial charge in [0.1, 0.15) is 5.75 Å². The molecule has 0 unspecified atom stereocenters. The van der Waals surface area contributed by atoms with E-state index in [0.29, 0.717) is 5.56 Å². The minimum atomic E-state index is -4.53. The van der Waals surface area contributed by atoms with Crippen LogP contribution in [0.1, 0.15) is 48.0 Å². The summed E-state index contributed by atoms with van der Waals surface area (Å²) in [5.74, 6) is -0.783. The maximum Gasteiger partial charge on any atom is 0.422 e. The highest BCUT2D eigenvalue weighted by Gasteiger charge is 2.30. The third-order valence-electron chi connectivity index (χ3n) is 5.64. The molecule has 0 saturated heterocycles. The SMILES string of the molecule is Cc1ccc(NC(=O)c2cccc(S(=O)(=O)N(C)C3CCCCC3)c2)c(OCC(F)(F)F)c1. The fourth-order valence-electron chi connectivity index (χ4n) is 3.81. The van der Waals surface area contributed by atoms with Gasteiger partial charge in [0.25, 0.3) is 5.91 Å². The van der Waals surface area contributed by atoms with Gasteiger partial charge in [-0.1, -0.05) is 31.4 Å². The topological polar surface area (TPSA) is 75.7 Å². The molecule has 1 N–H and O–H groups in total. The van der Waals surface area contributed by atoms with E-state index < -0.39 is 28.7 Å². The van der Waals surface area contributed by atoms with E-state index in [1.165, 1.54) is 40.7 Å². The number of benzene rings is 2. The summed E-state index contributed by atoms with van der Waals surface area (Å²) in [5, 5.41) is 2.52. The molecule has 1 aliphatic rings. The van der Waals surface area contributed by atoms with Gasteiger partial charge >= 0.3 is 6.18 Å². The van der Waals surface area contributed by atoms with E-state index in [1.807, 2.05) is 0 Å². The quantitative estimate of drug-likeness (QED) is 0.590. The number of hydrogen-bond donors (Lipinski definition) is 1. The predicted molar refractivity (Wildman–Crippen MR) is 119 cm³/mol. The second-order valence-corrected chi connectivity index (χ2v) is 10.2.